The quantitative estimate of drug-likeness (QED) is 0.284. The zero-order valence-corrected chi connectivity index (χ0v) is 22.4. The third-order valence-electron chi connectivity index (χ3n) is 7.49. The zero-order chi connectivity index (χ0) is 27.1. The number of methoxy groups -OCH3 is 1. The van der Waals surface area contributed by atoms with Crippen LogP contribution in [0, 0.1) is 0 Å². The van der Waals surface area contributed by atoms with E-state index in [0.29, 0.717) is 17.9 Å². The lowest BCUT2D eigenvalue weighted by atomic mass is 9.88. The van der Waals surface area contributed by atoms with Crippen molar-refractivity contribution >= 4 is 23.0 Å². The van der Waals surface area contributed by atoms with Gasteiger partial charge in [0.25, 0.3) is 11.5 Å². The SMILES string of the molecule is C=C(OCC)c1c(O)[nH]c(=O)c(N=Nc2ccccc2C(=O)N(C2CCCCC2)C2CCCCC2)c1OC. The van der Waals surface area contributed by atoms with Gasteiger partial charge in [0.1, 0.15) is 11.3 Å². The second-order valence-corrected chi connectivity index (χ2v) is 9.93. The summed E-state index contributed by atoms with van der Waals surface area (Å²) in [5, 5.41) is 18.9. The molecule has 0 aliphatic heterocycles. The van der Waals surface area contributed by atoms with Crippen LogP contribution >= 0.6 is 0 Å². The van der Waals surface area contributed by atoms with E-state index in [4.69, 9.17) is 9.47 Å². The summed E-state index contributed by atoms with van der Waals surface area (Å²) in [6.45, 7) is 5.90. The Kier molecular flexibility index (Phi) is 9.20. The Hall–Kier alpha value is -3.62. The van der Waals surface area contributed by atoms with Gasteiger partial charge in [-0.05, 0) is 44.7 Å². The molecule has 0 bridgehead atoms. The molecule has 38 heavy (non-hydrogen) atoms. The first-order valence-electron chi connectivity index (χ1n) is 13.6. The highest BCUT2D eigenvalue weighted by Gasteiger charge is 2.34. The van der Waals surface area contributed by atoms with E-state index in [1.807, 2.05) is 6.07 Å². The highest BCUT2D eigenvalue weighted by Crippen LogP contribution is 2.39. The number of hydrogen-bond acceptors (Lipinski definition) is 7. The smallest absolute Gasteiger partial charge is 0.282 e. The van der Waals surface area contributed by atoms with Gasteiger partial charge in [-0.1, -0.05) is 57.2 Å². The molecule has 2 fully saturated rings. The number of nitrogens with zero attached hydrogens (tertiary/aromatic N) is 3. The maximum atomic E-state index is 14.1. The Balaban J connectivity index is 1.71. The van der Waals surface area contributed by atoms with E-state index in [0.717, 1.165) is 51.4 Å². The van der Waals surface area contributed by atoms with Gasteiger partial charge in [0.15, 0.2) is 11.4 Å². The van der Waals surface area contributed by atoms with Crippen LogP contribution in [-0.2, 0) is 4.74 Å². The van der Waals surface area contributed by atoms with Gasteiger partial charge in [-0.15, -0.1) is 10.2 Å². The van der Waals surface area contributed by atoms with E-state index in [1.54, 1.807) is 25.1 Å². The first kappa shape index (κ1) is 27.4. The standard InChI is InChI=1S/C29H38N4O5/c1-4-38-19(2)24-26(37-3)25(28(35)30-27(24)34)32-31-23-18-12-11-17-22(23)29(36)33(20-13-7-5-8-14-20)21-15-9-6-10-16-21/h11-12,17-18,20-21H,2,4-10,13-16H2,1,3H3,(H2,30,34,35). The number of benzene rings is 1. The second kappa shape index (κ2) is 12.8. The van der Waals surface area contributed by atoms with Crippen molar-refractivity contribution in [2.45, 2.75) is 83.2 Å². The van der Waals surface area contributed by atoms with Gasteiger partial charge in [0.2, 0.25) is 5.88 Å². The fourth-order valence-corrected chi connectivity index (χ4v) is 5.69. The number of rotatable bonds is 9. The molecule has 2 N–H and O–H groups in total. The molecule has 2 aliphatic carbocycles. The van der Waals surface area contributed by atoms with Crippen molar-refractivity contribution in [2.24, 2.45) is 10.2 Å². The number of ether oxygens (including phenoxy) is 2. The Morgan fingerprint density at radius 1 is 1.05 bits per heavy atom. The molecule has 2 saturated carbocycles. The van der Waals surface area contributed by atoms with E-state index in [1.165, 1.54) is 20.0 Å². The Morgan fingerprint density at radius 2 is 1.66 bits per heavy atom. The molecule has 9 nitrogen and oxygen atoms in total. The molecular weight excluding hydrogens is 484 g/mol. The van der Waals surface area contributed by atoms with Gasteiger partial charge in [-0.3, -0.25) is 14.6 Å². The minimum Gasteiger partial charge on any atom is -0.494 e. The van der Waals surface area contributed by atoms with Crippen LogP contribution in [0.5, 0.6) is 11.6 Å². The van der Waals surface area contributed by atoms with Crippen molar-refractivity contribution in [3.05, 3.63) is 52.3 Å². The van der Waals surface area contributed by atoms with Crippen molar-refractivity contribution in [1.29, 1.82) is 0 Å². The number of hydrogen-bond donors (Lipinski definition) is 2. The Labute approximate surface area is 223 Å². The first-order valence-corrected chi connectivity index (χ1v) is 13.6. The average molecular weight is 523 g/mol. The van der Waals surface area contributed by atoms with E-state index < -0.39 is 11.4 Å². The minimum atomic E-state index is -0.689. The van der Waals surface area contributed by atoms with Crippen LogP contribution in [0.15, 0.2) is 45.9 Å². The fraction of sp³-hybridized carbons (Fsp3) is 0.517. The maximum Gasteiger partial charge on any atom is 0.282 e. The van der Waals surface area contributed by atoms with Gasteiger partial charge >= 0.3 is 0 Å². The summed E-state index contributed by atoms with van der Waals surface area (Å²) in [7, 11) is 1.36. The van der Waals surface area contributed by atoms with Gasteiger partial charge in [-0.25, -0.2) is 0 Å². The third kappa shape index (κ3) is 5.92. The number of aromatic nitrogens is 1. The summed E-state index contributed by atoms with van der Waals surface area (Å²) in [6.07, 6.45) is 11.1. The van der Waals surface area contributed by atoms with Crippen molar-refractivity contribution in [3.8, 4) is 11.6 Å². The van der Waals surface area contributed by atoms with Crippen molar-refractivity contribution in [1.82, 2.24) is 9.88 Å². The number of aromatic amines is 1. The third-order valence-corrected chi connectivity index (χ3v) is 7.49. The predicted molar refractivity (Wildman–Crippen MR) is 146 cm³/mol. The Morgan fingerprint density at radius 3 is 2.24 bits per heavy atom. The summed E-state index contributed by atoms with van der Waals surface area (Å²) in [5.41, 5.74) is 0.0770. The summed E-state index contributed by atoms with van der Waals surface area (Å²) in [5.74, 6) is -0.352. The molecule has 0 unspecified atom stereocenters. The van der Waals surface area contributed by atoms with E-state index in [2.05, 4.69) is 26.7 Å². The molecule has 9 heteroatoms. The van der Waals surface area contributed by atoms with Gasteiger partial charge in [-0.2, -0.15) is 0 Å². The lowest BCUT2D eigenvalue weighted by Gasteiger charge is -2.42. The summed E-state index contributed by atoms with van der Waals surface area (Å²) >= 11 is 0. The lowest BCUT2D eigenvalue weighted by molar-refractivity contribution is 0.0449. The largest absolute Gasteiger partial charge is 0.494 e. The summed E-state index contributed by atoms with van der Waals surface area (Å²) in [4.78, 5) is 31.3. The molecule has 1 amide bonds. The van der Waals surface area contributed by atoms with E-state index in [9.17, 15) is 14.7 Å². The van der Waals surface area contributed by atoms with Crippen molar-refractivity contribution in [2.75, 3.05) is 13.7 Å². The summed E-state index contributed by atoms with van der Waals surface area (Å²) in [6, 6.07) is 7.57. The molecule has 4 rings (SSSR count). The number of azo groups is 1. The van der Waals surface area contributed by atoms with Gasteiger partial charge in [0.05, 0.1) is 25.0 Å². The Bertz CT molecular complexity index is 1210. The number of amides is 1. The van der Waals surface area contributed by atoms with Crippen LogP contribution in [0.3, 0.4) is 0 Å². The topological polar surface area (TPSA) is 117 Å². The van der Waals surface area contributed by atoms with Crippen LogP contribution in [0.4, 0.5) is 11.4 Å². The number of pyridine rings is 1. The maximum absolute atomic E-state index is 14.1. The van der Waals surface area contributed by atoms with Crippen LogP contribution < -0.4 is 10.3 Å². The molecule has 0 radical (unpaired) electrons. The van der Waals surface area contributed by atoms with Gasteiger partial charge in [0, 0.05) is 12.1 Å². The van der Waals surface area contributed by atoms with E-state index in [-0.39, 0.29) is 40.8 Å². The number of carbonyl (C=O) groups excluding carboxylic acids is 1. The fourth-order valence-electron chi connectivity index (χ4n) is 5.69. The van der Waals surface area contributed by atoms with Crippen LogP contribution in [0.25, 0.3) is 5.76 Å². The van der Waals surface area contributed by atoms with Crippen molar-refractivity contribution in [3.63, 3.8) is 0 Å². The normalized spacial score (nSPS) is 16.9. The molecule has 2 aromatic rings. The van der Waals surface area contributed by atoms with Crippen LogP contribution in [-0.4, -0.2) is 46.7 Å². The molecule has 204 valence electrons. The number of aromatic hydroxyl groups is 1. The van der Waals surface area contributed by atoms with Crippen LogP contribution in [0.2, 0.25) is 0 Å². The minimum absolute atomic E-state index is 0.0108. The predicted octanol–water partition coefficient (Wildman–Crippen LogP) is 6.62. The van der Waals surface area contributed by atoms with E-state index >= 15 is 0 Å². The van der Waals surface area contributed by atoms with Crippen LogP contribution in [0.1, 0.15) is 87.1 Å². The number of nitrogens with one attached hydrogen (secondary N) is 1. The molecular formula is C29H38N4O5. The number of carbonyl (C=O) groups is 1. The summed E-state index contributed by atoms with van der Waals surface area (Å²) < 4.78 is 10.8. The van der Waals surface area contributed by atoms with Gasteiger partial charge < -0.3 is 19.5 Å². The monoisotopic (exact) mass is 522 g/mol. The molecule has 0 spiro atoms. The number of H-pyrrole nitrogens is 1. The van der Waals surface area contributed by atoms with Crippen molar-refractivity contribution < 1.29 is 19.4 Å². The second-order valence-electron chi connectivity index (χ2n) is 9.93. The highest BCUT2D eigenvalue weighted by molar-refractivity contribution is 5.99. The lowest BCUT2D eigenvalue weighted by Crippen LogP contribution is -2.48. The average Bonchev–Trinajstić information content (AvgIpc) is 2.93. The molecule has 1 aromatic carbocycles. The molecule has 1 aromatic heterocycles. The highest BCUT2D eigenvalue weighted by atomic mass is 16.5. The zero-order valence-electron chi connectivity index (χ0n) is 22.4. The molecule has 0 atom stereocenters. The first-order chi connectivity index (χ1) is 18.5. The molecule has 1 heterocycles. The molecule has 2 aliphatic rings. The molecule has 0 saturated heterocycles.